The lowest BCUT2D eigenvalue weighted by molar-refractivity contribution is -0.166. The summed E-state index contributed by atoms with van der Waals surface area (Å²) in [5.41, 5.74) is 1.27. The quantitative estimate of drug-likeness (QED) is 0.619. The first-order valence-electron chi connectivity index (χ1n) is 10.3. The van der Waals surface area contributed by atoms with Crippen LogP contribution in [-0.2, 0) is 20.7 Å². The standard InChI is InChI=1S/C23H30O5/c1-13(24)27-16-6-8-17-15(11-16)5-7-18-19-9-10-20(28-14(2)25)22(19,3)12-23(4,26)21(17)18/h6,8,11,18-21,26H,5,7,9-10,12H2,1-4H3/t18-,19-,20+,21+,22-,23+/m1/s1. The number of hydrogen-bond donors (Lipinski definition) is 1. The van der Waals surface area contributed by atoms with Gasteiger partial charge in [0, 0.05) is 25.2 Å². The molecule has 6 atom stereocenters. The molecule has 0 unspecified atom stereocenters. The molecule has 0 aromatic heterocycles. The van der Waals surface area contributed by atoms with Crippen molar-refractivity contribution in [2.75, 3.05) is 0 Å². The lowest BCUT2D eigenvalue weighted by Crippen LogP contribution is -2.55. The van der Waals surface area contributed by atoms with Gasteiger partial charge in [0.1, 0.15) is 11.9 Å². The maximum atomic E-state index is 11.6. The smallest absolute Gasteiger partial charge is 0.308 e. The number of fused-ring (bicyclic) bond motifs is 5. The van der Waals surface area contributed by atoms with Gasteiger partial charge in [-0.1, -0.05) is 13.0 Å². The highest BCUT2D eigenvalue weighted by Crippen LogP contribution is 2.64. The van der Waals surface area contributed by atoms with E-state index in [0.717, 1.165) is 25.7 Å². The minimum atomic E-state index is -0.878. The summed E-state index contributed by atoms with van der Waals surface area (Å²) in [5.74, 6) is 0.861. The fourth-order valence-corrected chi connectivity index (χ4v) is 6.73. The average Bonchev–Trinajstić information content (AvgIpc) is 2.88. The van der Waals surface area contributed by atoms with Crippen LogP contribution in [0.1, 0.15) is 70.4 Å². The van der Waals surface area contributed by atoms with Gasteiger partial charge in [0.2, 0.25) is 0 Å². The summed E-state index contributed by atoms with van der Waals surface area (Å²) in [5, 5.41) is 11.6. The molecule has 2 fully saturated rings. The number of esters is 2. The van der Waals surface area contributed by atoms with Crippen LogP contribution in [0.25, 0.3) is 0 Å². The SMILES string of the molecule is CC(=O)Oc1ccc2c(c1)CC[C@@H]1[C@H]3CC[C@H](OC(C)=O)[C@]3(C)C[C@](C)(O)[C@@H]21. The van der Waals surface area contributed by atoms with Crippen LogP contribution in [0.15, 0.2) is 18.2 Å². The van der Waals surface area contributed by atoms with E-state index in [0.29, 0.717) is 24.0 Å². The Labute approximate surface area is 166 Å². The molecule has 2 saturated carbocycles. The van der Waals surface area contributed by atoms with Crippen molar-refractivity contribution in [3.63, 3.8) is 0 Å². The molecule has 5 heteroatoms. The number of hydrogen-bond acceptors (Lipinski definition) is 5. The first-order chi connectivity index (χ1) is 13.1. The summed E-state index contributed by atoms with van der Waals surface area (Å²) < 4.78 is 10.9. The number of carbonyl (C=O) groups is 2. The zero-order chi connectivity index (χ0) is 20.3. The predicted octanol–water partition coefficient (Wildman–Crippen LogP) is 3.76. The Balaban J connectivity index is 1.69. The average molecular weight is 386 g/mol. The van der Waals surface area contributed by atoms with Crippen molar-refractivity contribution in [1.29, 1.82) is 0 Å². The van der Waals surface area contributed by atoms with Crippen molar-refractivity contribution in [1.82, 2.24) is 0 Å². The second-order valence-electron chi connectivity index (χ2n) is 9.46. The molecule has 5 nitrogen and oxygen atoms in total. The highest BCUT2D eigenvalue weighted by molar-refractivity contribution is 5.69. The first kappa shape index (κ1) is 19.4. The normalized spacial score (nSPS) is 38.8. The van der Waals surface area contributed by atoms with E-state index >= 15 is 0 Å². The van der Waals surface area contributed by atoms with Crippen molar-refractivity contribution in [2.45, 2.75) is 77.4 Å². The van der Waals surface area contributed by atoms with Gasteiger partial charge in [0.05, 0.1) is 5.60 Å². The van der Waals surface area contributed by atoms with Crippen molar-refractivity contribution in [3.05, 3.63) is 29.3 Å². The molecule has 3 aliphatic rings. The van der Waals surface area contributed by atoms with E-state index in [1.54, 1.807) is 0 Å². The van der Waals surface area contributed by atoms with E-state index in [1.807, 2.05) is 25.1 Å². The summed E-state index contributed by atoms with van der Waals surface area (Å²) in [6.45, 7) is 7.01. The number of benzene rings is 1. The molecule has 3 aliphatic carbocycles. The Morgan fingerprint density at radius 2 is 1.86 bits per heavy atom. The summed E-state index contributed by atoms with van der Waals surface area (Å²) >= 11 is 0. The van der Waals surface area contributed by atoms with Gasteiger partial charge >= 0.3 is 11.9 Å². The second kappa shape index (κ2) is 6.58. The minimum Gasteiger partial charge on any atom is -0.462 e. The lowest BCUT2D eigenvalue weighted by atomic mass is 9.50. The van der Waals surface area contributed by atoms with E-state index in [9.17, 15) is 14.7 Å². The predicted molar refractivity (Wildman–Crippen MR) is 104 cm³/mol. The Hall–Kier alpha value is -1.88. The van der Waals surface area contributed by atoms with Crippen molar-refractivity contribution in [2.24, 2.45) is 17.3 Å². The minimum absolute atomic E-state index is 0.0526. The van der Waals surface area contributed by atoms with E-state index in [4.69, 9.17) is 9.47 Å². The van der Waals surface area contributed by atoms with Crippen LogP contribution in [-0.4, -0.2) is 28.8 Å². The second-order valence-corrected chi connectivity index (χ2v) is 9.46. The third kappa shape index (κ3) is 3.04. The van der Waals surface area contributed by atoms with Gasteiger partial charge in [-0.2, -0.15) is 0 Å². The molecule has 0 amide bonds. The topological polar surface area (TPSA) is 72.8 Å². The Morgan fingerprint density at radius 1 is 1.11 bits per heavy atom. The molecule has 0 radical (unpaired) electrons. The summed E-state index contributed by atoms with van der Waals surface area (Å²) in [7, 11) is 0. The molecule has 0 aliphatic heterocycles. The monoisotopic (exact) mass is 386 g/mol. The summed E-state index contributed by atoms with van der Waals surface area (Å²) in [4.78, 5) is 22.9. The molecule has 4 rings (SSSR count). The largest absolute Gasteiger partial charge is 0.462 e. The number of ether oxygens (including phenoxy) is 2. The zero-order valence-electron chi connectivity index (χ0n) is 17.2. The van der Waals surface area contributed by atoms with Crippen molar-refractivity contribution >= 4 is 11.9 Å². The van der Waals surface area contributed by atoms with Gasteiger partial charge in [0.15, 0.2) is 0 Å². The molecule has 0 heterocycles. The van der Waals surface area contributed by atoms with Gasteiger partial charge in [-0.05, 0) is 74.1 Å². The molecule has 1 aromatic carbocycles. The van der Waals surface area contributed by atoms with Crippen LogP contribution >= 0.6 is 0 Å². The number of aliphatic hydroxyl groups is 1. The maximum absolute atomic E-state index is 11.6. The van der Waals surface area contributed by atoms with E-state index < -0.39 is 5.60 Å². The van der Waals surface area contributed by atoms with Crippen LogP contribution in [0.5, 0.6) is 5.75 Å². The highest BCUT2D eigenvalue weighted by atomic mass is 16.5. The van der Waals surface area contributed by atoms with Crippen LogP contribution < -0.4 is 4.74 Å². The highest BCUT2D eigenvalue weighted by Gasteiger charge is 2.62. The molecule has 0 saturated heterocycles. The fraction of sp³-hybridized carbons (Fsp3) is 0.652. The lowest BCUT2D eigenvalue weighted by Gasteiger charge is -2.56. The van der Waals surface area contributed by atoms with E-state index in [2.05, 4.69) is 6.92 Å². The Bertz CT molecular complexity index is 813. The molecule has 1 N–H and O–H groups in total. The molecule has 0 spiro atoms. The van der Waals surface area contributed by atoms with Gasteiger partial charge in [0.25, 0.3) is 0 Å². The van der Waals surface area contributed by atoms with Crippen LogP contribution in [0, 0.1) is 17.3 Å². The molecule has 152 valence electrons. The zero-order valence-corrected chi connectivity index (χ0v) is 17.2. The first-order valence-corrected chi connectivity index (χ1v) is 10.3. The summed E-state index contributed by atoms with van der Waals surface area (Å²) in [6.07, 6.45) is 4.31. The molecular weight excluding hydrogens is 356 g/mol. The third-order valence-electron chi connectivity index (χ3n) is 7.44. The fourth-order valence-electron chi connectivity index (χ4n) is 6.73. The third-order valence-corrected chi connectivity index (χ3v) is 7.44. The van der Waals surface area contributed by atoms with Crippen LogP contribution in [0.2, 0.25) is 0 Å². The van der Waals surface area contributed by atoms with E-state index in [1.165, 1.54) is 25.0 Å². The Morgan fingerprint density at radius 3 is 2.54 bits per heavy atom. The molecule has 28 heavy (non-hydrogen) atoms. The van der Waals surface area contributed by atoms with E-state index in [-0.39, 0.29) is 29.4 Å². The number of carbonyl (C=O) groups excluding carboxylic acids is 2. The van der Waals surface area contributed by atoms with Crippen LogP contribution in [0.4, 0.5) is 0 Å². The molecular formula is C23H30O5. The van der Waals surface area contributed by atoms with Crippen molar-refractivity contribution in [3.8, 4) is 5.75 Å². The van der Waals surface area contributed by atoms with Gasteiger partial charge in [-0.15, -0.1) is 0 Å². The maximum Gasteiger partial charge on any atom is 0.308 e. The van der Waals surface area contributed by atoms with Gasteiger partial charge < -0.3 is 14.6 Å². The van der Waals surface area contributed by atoms with Gasteiger partial charge in [-0.3, -0.25) is 9.59 Å². The molecule has 1 aromatic rings. The van der Waals surface area contributed by atoms with Crippen LogP contribution in [0.3, 0.4) is 0 Å². The van der Waals surface area contributed by atoms with Gasteiger partial charge in [-0.25, -0.2) is 0 Å². The summed E-state index contributed by atoms with van der Waals surface area (Å²) in [6, 6.07) is 5.82. The molecule has 0 bridgehead atoms. The van der Waals surface area contributed by atoms with Crippen molar-refractivity contribution < 1.29 is 24.2 Å². The number of aryl methyl sites for hydroxylation is 1. The number of rotatable bonds is 2. The Kier molecular flexibility index (Phi) is 4.57.